The molecule has 1 aliphatic rings. The minimum atomic E-state index is -0.275. The van der Waals surface area contributed by atoms with Gasteiger partial charge in [0.1, 0.15) is 0 Å². The van der Waals surface area contributed by atoms with Crippen molar-refractivity contribution in [2.75, 3.05) is 18.6 Å². The van der Waals surface area contributed by atoms with Crippen molar-refractivity contribution in [1.29, 1.82) is 0 Å². The molecule has 1 aromatic carbocycles. The van der Waals surface area contributed by atoms with Crippen LogP contribution in [-0.2, 0) is 12.8 Å². The van der Waals surface area contributed by atoms with E-state index in [1.165, 1.54) is 11.1 Å². The lowest BCUT2D eigenvalue weighted by Gasteiger charge is -2.41. The predicted octanol–water partition coefficient (Wildman–Crippen LogP) is 2.23. The summed E-state index contributed by atoms with van der Waals surface area (Å²) in [4.78, 5) is 0. The summed E-state index contributed by atoms with van der Waals surface area (Å²) < 4.78 is 0. The Morgan fingerprint density at radius 1 is 1.39 bits per heavy atom. The number of thioether (sulfide) groups is 1. The third-order valence-corrected chi connectivity index (χ3v) is 4.91. The van der Waals surface area contributed by atoms with Gasteiger partial charge in [0.15, 0.2) is 0 Å². The third-order valence-electron chi connectivity index (χ3n) is 4.26. The van der Waals surface area contributed by atoms with Gasteiger partial charge in [0.2, 0.25) is 0 Å². The van der Waals surface area contributed by atoms with Gasteiger partial charge in [-0.05, 0) is 48.8 Å². The molecule has 0 spiro atoms. The maximum atomic E-state index is 10.5. The second-order valence-corrected chi connectivity index (χ2v) is 6.29. The number of hydrogen-bond acceptors (Lipinski definition) is 3. The van der Waals surface area contributed by atoms with Crippen LogP contribution in [0.4, 0.5) is 0 Å². The molecule has 0 fully saturated rings. The SMILES string of the molecule is CSCCC(O)C1(CN)CCc2ccccc2C1. The van der Waals surface area contributed by atoms with E-state index in [-0.39, 0.29) is 11.5 Å². The van der Waals surface area contributed by atoms with Crippen LogP contribution >= 0.6 is 11.8 Å². The van der Waals surface area contributed by atoms with Crippen LogP contribution in [0.25, 0.3) is 0 Å². The molecule has 1 aromatic rings. The van der Waals surface area contributed by atoms with E-state index < -0.39 is 0 Å². The maximum Gasteiger partial charge on any atom is 0.0619 e. The summed E-state index contributed by atoms with van der Waals surface area (Å²) in [6.07, 6.45) is 5.64. The van der Waals surface area contributed by atoms with Crippen LogP contribution in [0, 0.1) is 5.41 Å². The number of benzene rings is 1. The first-order valence-corrected chi connectivity index (χ1v) is 8.05. The number of hydrogen-bond donors (Lipinski definition) is 2. The largest absolute Gasteiger partial charge is 0.392 e. The monoisotopic (exact) mass is 265 g/mol. The first kappa shape index (κ1) is 13.9. The minimum Gasteiger partial charge on any atom is -0.392 e. The average Bonchev–Trinajstić information content (AvgIpc) is 2.44. The molecule has 2 nitrogen and oxygen atoms in total. The van der Waals surface area contributed by atoms with Crippen molar-refractivity contribution in [3.8, 4) is 0 Å². The molecule has 3 N–H and O–H groups in total. The molecular formula is C15H23NOS. The van der Waals surface area contributed by atoms with Gasteiger partial charge in [-0.2, -0.15) is 11.8 Å². The maximum absolute atomic E-state index is 10.5. The van der Waals surface area contributed by atoms with Gasteiger partial charge in [-0.15, -0.1) is 0 Å². The van der Waals surface area contributed by atoms with Crippen molar-refractivity contribution in [2.24, 2.45) is 11.1 Å². The summed E-state index contributed by atoms with van der Waals surface area (Å²) in [5.74, 6) is 1.00. The van der Waals surface area contributed by atoms with Gasteiger partial charge in [-0.1, -0.05) is 24.3 Å². The molecule has 2 rings (SSSR count). The Morgan fingerprint density at radius 3 is 2.78 bits per heavy atom. The van der Waals surface area contributed by atoms with Gasteiger partial charge in [-0.25, -0.2) is 0 Å². The first-order chi connectivity index (χ1) is 8.72. The molecule has 100 valence electrons. The smallest absolute Gasteiger partial charge is 0.0619 e. The molecule has 0 aromatic heterocycles. The average molecular weight is 265 g/mol. The summed E-state index contributed by atoms with van der Waals surface area (Å²) >= 11 is 1.79. The number of aliphatic hydroxyl groups is 1. The molecule has 0 saturated carbocycles. The third kappa shape index (κ3) is 2.73. The van der Waals surface area contributed by atoms with E-state index in [2.05, 4.69) is 30.5 Å². The highest BCUT2D eigenvalue weighted by molar-refractivity contribution is 7.98. The normalized spacial score (nSPS) is 24.6. The summed E-state index contributed by atoms with van der Waals surface area (Å²) in [5, 5.41) is 10.5. The molecule has 0 bridgehead atoms. The first-order valence-electron chi connectivity index (χ1n) is 6.66. The fraction of sp³-hybridized carbons (Fsp3) is 0.600. The van der Waals surface area contributed by atoms with Crippen LogP contribution < -0.4 is 5.73 Å². The van der Waals surface area contributed by atoms with Crippen LogP contribution in [0.15, 0.2) is 24.3 Å². The van der Waals surface area contributed by atoms with Gasteiger partial charge in [-0.3, -0.25) is 0 Å². The van der Waals surface area contributed by atoms with Crippen LogP contribution in [0.5, 0.6) is 0 Å². The van der Waals surface area contributed by atoms with Crippen LogP contribution in [-0.4, -0.2) is 29.8 Å². The van der Waals surface area contributed by atoms with E-state index in [9.17, 15) is 5.11 Å². The minimum absolute atomic E-state index is 0.107. The molecular weight excluding hydrogens is 242 g/mol. The predicted molar refractivity (Wildman–Crippen MR) is 79.0 cm³/mol. The van der Waals surface area contributed by atoms with E-state index in [0.717, 1.165) is 31.4 Å². The quantitative estimate of drug-likeness (QED) is 0.858. The molecule has 0 saturated heterocycles. The topological polar surface area (TPSA) is 46.2 Å². The van der Waals surface area contributed by atoms with Crippen LogP contribution in [0.2, 0.25) is 0 Å². The van der Waals surface area contributed by atoms with E-state index in [1.54, 1.807) is 11.8 Å². The Kier molecular flexibility index (Phi) is 4.71. The molecule has 0 aliphatic heterocycles. The summed E-state index contributed by atoms with van der Waals surface area (Å²) in [5.41, 5.74) is 8.70. The van der Waals surface area contributed by atoms with Crippen molar-refractivity contribution < 1.29 is 5.11 Å². The fourth-order valence-electron chi connectivity index (χ4n) is 2.96. The van der Waals surface area contributed by atoms with E-state index in [0.29, 0.717) is 6.54 Å². The molecule has 18 heavy (non-hydrogen) atoms. The molecule has 3 heteroatoms. The molecule has 0 amide bonds. The number of fused-ring (bicyclic) bond motifs is 1. The van der Waals surface area contributed by atoms with Gasteiger partial charge in [0.25, 0.3) is 0 Å². The zero-order chi connectivity index (χ0) is 13.0. The number of aryl methyl sites for hydroxylation is 1. The van der Waals surface area contributed by atoms with Crippen molar-refractivity contribution in [3.63, 3.8) is 0 Å². The van der Waals surface area contributed by atoms with E-state index >= 15 is 0 Å². The second kappa shape index (κ2) is 6.09. The zero-order valence-corrected chi connectivity index (χ0v) is 11.9. The van der Waals surface area contributed by atoms with Gasteiger partial charge in [0, 0.05) is 12.0 Å². The van der Waals surface area contributed by atoms with E-state index in [4.69, 9.17) is 5.73 Å². The summed E-state index contributed by atoms with van der Waals surface area (Å²) in [6, 6.07) is 8.56. The van der Waals surface area contributed by atoms with Crippen molar-refractivity contribution in [3.05, 3.63) is 35.4 Å². The Morgan fingerprint density at radius 2 is 2.11 bits per heavy atom. The Bertz CT molecular complexity index is 396. The van der Waals surface area contributed by atoms with Crippen LogP contribution in [0.3, 0.4) is 0 Å². The van der Waals surface area contributed by atoms with Crippen molar-refractivity contribution >= 4 is 11.8 Å². The van der Waals surface area contributed by atoms with Crippen LogP contribution in [0.1, 0.15) is 24.0 Å². The molecule has 2 unspecified atom stereocenters. The number of nitrogens with two attached hydrogens (primary N) is 1. The second-order valence-electron chi connectivity index (χ2n) is 5.31. The van der Waals surface area contributed by atoms with Crippen molar-refractivity contribution in [2.45, 2.75) is 31.8 Å². The number of aliphatic hydroxyl groups excluding tert-OH is 1. The molecule has 0 radical (unpaired) electrons. The Balaban J connectivity index is 2.15. The summed E-state index contributed by atoms with van der Waals surface area (Å²) in [7, 11) is 0. The molecule has 1 aliphatic carbocycles. The fourth-order valence-corrected chi connectivity index (χ4v) is 3.41. The highest BCUT2D eigenvalue weighted by atomic mass is 32.2. The molecule has 0 heterocycles. The number of rotatable bonds is 5. The highest BCUT2D eigenvalue weighted by Gasteiger charge is 2.39. The highest BCUT2D eigenvalue weighted by Crippen LogP contribution is 2.38. The van der Waals surface area contributed by atoms with E-state index in [1.807, 2.05) is 0 Å². The molecule has 2 atom stereocenters. The van der Waals surface area contributed by atoms with Gasteiger partial charge < -0.3 is 10.8 Å². The van der Waals surface area contributed by atoms with Crippen molar-refractivity contribution in [1.82, 2.24) is 0 Å². The Labute approximate surface area is 114 Å². The lowest BCUT2D eigenvalue weighted by Crippen LogP contribution is -2.46. The lowest BCUT2D eigenvalue weighted by atomic mass is 9.67. The summed E-state index contributed by atoms with van der Waals surface area (Å²) in [6.45, 7) is 0.580. The standard InChI is InChI=1S/C15H23NOS/c1-18-9-7-14(17)15(11-16)8-6-12-4-2-3-5-13(12)10-15/h2-5,14,17H,6-11,16H2,1H3. The van der Waals surface area contributed by atoms with Gasteiger partial charge in [0.05, 0.1) is 6.10 Å². The zero-order valence-electron chi connectivity index (χ0n) is 11.1. The van der Waals surface area contributed by atoms with Gasteiger partial charge >= 0.3 is 0 Å². The lowest BCUT2D eigenvalue weighted by molar-refractivity contribution is 0.0177. The Hall–Kier alpha value is -0.510.